The van der Waals surface area contributed by atoms with E-state index in [1.165, 1.54) is 32.5 Å². The first-order chi connectivity index (χ1) is 17.8. The molecule has 0 radical (unpaired) electrons. The fourth-order valence-electron chi connectivity index (χ4n) is 4.70. The molecule has 188 valence electrons. The SMILES string of the molecule is c1ccc(-c2ccc3[nH]cc(CCCNSc4ccc(OCCCN5CCNCC5)cc4)c3c2)cc1. The lowest BCUT2D eigenvalue weighted by Gasteiger charge is -2.26. The molecule has 6 heteroatoms. The van der Waals surface area contributed by atoms with E-state index in [2.05, 4.69) is 98.9 Å². The van der Waals surface area contributed by atoms with Crippen LogP contribution in [0, 0.1) is 0 Å². The summed E-state index contributed by atoms with van der Waals surface area (Å²) in [5, 5.41) is 4.72. The van der Waals surface area contributed by atoms with E-state index in [1.807, 2.05) is 0 Å². The molecule has 5 nitrogen and oxygen atoms in total. The Kier molecular flexibility index (Phi) is 8.97. The second-order valence-electron chi connectivity index (χ2n) is 9.31. The van der Waals surface area contributed by atoms with Gasteiger partial charge in [-0.3, -0.25) is 4.72 Å². The Morgan fingerprint density at radius 1 is 0.889 bits per heavy atom. The summed E-state index contributed by atoms with van der Waals surface area (Å²) in [6, 6.07) is 25.7. The van der Waals surface area contributed by atoms with Crippen molar-refractivity contribution in [3.05, 3.63) is 84.6 Å². The number of aromatic amines is 1. The molecule has 1 aromatic heterocycles. The minimum atomic E-state index is 0.773. The molecule has 1 aliphatic heterocycles. The Bertz CT molecular complexity index is 1200. The number of benzene rings is 3. The van der Waals surface area contributed by atoms with Crippen LogP contribution >= 0.6 is 11.9 Å². The van der Waals surface area contributed by atoms with Crippen molar-refractivity contribution in [2.75, 3.05) is 45.9 Å². The van der Waals surface area contributed by atoms with E-state index < -0.39 is 0 Å². The molecule has 0 saturated carbocycles. The van der Waals surface area contributed by atoms with E-state index in [9.17, 15) is 0 Å². The third kappa shape index (κ3) is 6.92. The molecular weight excluding hydrogens is 464 g/mol. The van der Waals surface area contributed by atoms with Gasteiger partial charge in [0.15, 0.2) is 0 Å². The largest absolute Gasteiger partial charge is 0.494 e. The summed E-state index contributed by atoms with van der Waals surface area (Å²) in [4.78, 5) is 7.15. The quantitative estimate of drug-likeness (QED) is 0.171. The lowest BCUT2D eigenvalue weighted by molar-refractivity contribution is 0.214. The van der Waals surface area contributed by atoms with Crippen LogP contribution in [0.4, 0.5) is 0 Å². The van der Waals surface area contributed by atoms with Crippen LogP contribution in [-0.2, 0) is 6.42 Å². The number of nitrogens with zero attached hydrogens (tertiary/aromatic N) is 1. The maximum Gasteiger partial charge on any atom is 0.119 e. The van der Waals surface area contributed by atoms with Crippen LogP contribution < -0.4 is 14.8 Å². The van der Waals surface area contributed by atoms with Gasteiger partial charge < -0.3 is 19.9 Å². The molecule has 3 aromatic carbocycles. The maximum atomic E-state index is 5.93. The molecule has 0 amide bonds. The molecule has 36 heavy (non-hydrogen) atoms. The van der Waals surface area contributed by atoms with Gasteiger partial charge in [0.25, 0.3) is 0 Å². The third-order valence-electron chi connectivity index (χ3n) is 6.71. The van der Waals surface area contributed by atoms with E-state index in [0.29, 0.717) is 0 Å². The first-order valence-electron chi connectivity index (χ1n) is 13.1. The first-order valence-corrected chi connectivity index (χ1v) is 13.9. The normalized spacial score (nSPS) is 14.3. The van der Waals surface area contributed by atoms with Gasteiger partial charge in [-0.25, -0.2) is 0 Å². The molecule has 3 N–H and O–H groups in total. The van der Waals surface area contributed by atoms with Gasteiger partial charge in [0, 0.05) is 61.3 Å². The van der Waals surface area contributed by atoms with E-state index >= 15 is 0 Å². The van der Waals surface area contributed by atoms with Crippen molar-refractivity contribution >= 4 is 22.9 Å². The van der Waals surface area contributed by atoms with Crippen molar-refractivity contribution in [2.45, 2.75) is 24.2 Å². The average Bonchev–Trinajstić information content (AvgIpc) is 3.35. The average molecular weight is 501 g/mol. The highest BCUT2D eigenvalue weighted by molar-refractivity contribution is 7.97. The van der Waals surface area contributed by atoms with Crippen molar-refractivity contribution in [3.63, 3.8) is 0 Å². The van der Waals surface area contributed by atoms with Gasteiger partial charge in [-0.15, -0.1) is 0 Å². The van der Waals surface area contributed by atoms with Crippen LogP contribution in [-0.4, -0.2) is 55.8 Å². The van der Waals surface area contributed by atoms with Gasteiger partial charge in [-0.05, 0) is 84.3 Å². The summed E-state index contributed by atoms with van der Waals surface area (Å²) < 4.78 is 9.45. The monoisotopic (exact) mass is 500 g/mol. The summed E-state index contributed by atoms with van der Waals surface area (Å²) >= 11 is 1.69. The van der Waals surface area contributed by atoms with Crippen molar-refractivity contribution in [1.29, 1.82) is 0 Å². The standard InChI is InChI=1S/C30H36N4OS/c1-2-6-24(7-3-1)25-9-14-30-29(22-25)26(23-32-30)8-4-15-33-36-28-12-10-27(11-13-28)35-21-5-18-34-19-16-31-17-20-34/h1-3,6-7,9-14,22-23,31-33H,4-5,8,15-21H2. The fraction of sp³-hybridized carbons (Fsp3) is 0.333. The number of hydrogen-bond donors (Lipinski definition) is 3. The molecule has 1 saturated heterocycles. The number of aromatic nitrogens is 1. The second kappa shape index (κ2) is 13.0. The van der Waals surface area contributed by atoms with E-state index in [1.54, 1.807) is 11.9 Å². The van der Waals surface area contributed by atoms with Crippen molar-refractivity contribution in [2.24, 2.45) is 0 Å². The number of piperazine rings is 1. The summed E-state index contributed by atoms with van der Waals surface area (Å²) in [7, 11) is 0. The number of rotatable bonds is 12. The Morgan fingerprint density at radius 2 is 1.72 bits per heavy atom. The predicted molar refractivity (Wildman–Crippen MR) is 152 cm³/mol. The zero-order valence-electron chi connectivity index (χ0n) is 20.8. The molecule has 0 aliphatic carbocycles. The minimum Gasteiger partial charge on any atom is -0.494 e. The smallest absolute Gasteiger partial charge is 0.119 e. The summed E-state index contributed by atoms with van der Waals surface area (Å²) in [5.74, 6) is 0.953. The predicted octanol–water partition coefficient (Wildman–Crippen LogP) is 5.74. The van der Waals surface area contributed by atoms with E-state index in [0.717, 1.165) is 70.9 Å². The van der Waals surface area contributed by atoms with E-state index in [4.69, 9.17) is 4.74 Å². The van der Waals surface area contributed by atoms with Crippen LogP contribution in [0.5, 0.6) is 5.75 Å². The molecule has 0 atom stereocenters. The fourth-order valence-corrected chi connectivity index (χ4v) is 5.38. The number of fused-ring (bicyclic) bond motifs is 1. The van der Waals surface area contributed by atoms with Crippen LogP contribution in [0.15, 0.2) is 83.9 Å². The maximum absolute atomic E-state index is 5.93. The molecule has 4 aromatic rings. The summed E-state index contributed by atoms with van der Waals surface area (Å²) in [6.07, 6.45) is 5.37. The number of hydrogen-bond acceptors (Lipinski definition) is 5. The van der Waals surface area contributed by atoms with Crippen molar-refractivity contribution < 1.29 is 4.74 Å². The third-order valence-corrected chi connectivity index (χ3v) is 7.57. The molecule has 2 heterocycles. The Hall–Kier alpha value is -2.77. The highest BCUT2D eigenvalue weighted by Crippen LogP contribution is 2.27. The van der Waals surface area contributed by atoms with Gasteiger partial charge in [0.1, 0.15) is 5.75 Å². The van der Waals surface area contributed by atoms with Crippen molar-refractivity contribution in [1.82, 2.24) is 19.9 Å². The zero-order valence-corrected chi connectivity index (χ0v) is 21.7. The summed E-state index contributed by atoms with van der Waals surface area (Å²) in [6.45, 7) is 7.35. The lowest BCUT2D eigenvalue weighted by Crippen LogP contribution is -2.43. The molecule has 0 unspecified atom stereocenters. The van der Waals surface area contributed by atoms with Crippen LogP contribution in [0.25, 0.3) is 22.0 Å². The number of nitrogens with one attached hydrogen (secondary N) is 3. The molecular formula is C30H36N4OS. The van der Waals surface area contributed by atoms with Crippen LogP contribution in [0.1, 0.15) is 18.4 Å². The zero-order chi connectivity index (χ0) is 24.4. The second-order valence-corrected chi connectivity index (χ2v) is 10.3. The van der Waals surface area contributed by atoms with Crippen LogP contribution in [0.2, 0.25) is 0 Å². The number of ether oxygens (including phenoxy) is 1. The van der Waals surface area contributed by atoms with E-state index in [-0.39, 0.29) is 0 Å². The first kappa shape index (κ1) is 24.9. The highest BCUT2D eigenvalue weighted by Gasteiger charge is 2.09. The van der Waals surface area contributed by atoms with Crippen molar-refractivity contribution in [3.8, 4) is 16.9 Å². The van der Waals surface area contributed by atoms with Gasteiger partial charge in [-0.1, -0.05) is 36.4 Å². The number of H-pyrrole nitrogens is 1. The Balaban J connectivity index is 1.02. The van der Waals surface area contributed by atoms with Gasteiger partial charge in [0.05, 0.1) is 6.61 Å². The Morgan fingerprint density at radius 3 is 2.56 bits per heavy atom. The minimum absolute atomic E-state index is 0.773. The number of aryl methyl sites for hydroxylation is 1. The topological polar surface area (TPSA) is 52.3 Å². The molecule has 1 aliphatic rings. The van der Waals surface area contributed by atoms with Crippen LogP contribution in [0.3, 0.4) is 0 Å². The van der Waals surface area contributed by atoms with Gasteiger partial charge >= 0.3 is 0 Å². The summed E-state index contributed by atoms with van der Waals surface area (Å²) in [5.41, 5.74) is 5.12. The molecule has 1 fully saturated rings. The molecule has 0 bridgehead atoms. The lowest BCUT2D eigenvalue weighted by atomic mass is 10.0. The highest BCUT2D eigenvalue weighted by atomic mass is 32.2. The van der Waals surface area contributed by atoms with Gasteiger partial charge in [0.2, 0.25) is 0 Å². The molecule has 5 rings (SSSR count). The Labute approximate surface area is 218 Å². The molecule has 0 spiro atoms. The van der Waals surface area contributed by atoms with Gasteiger partial charge in [-0.2, -0.15) is 0 Å².